The molecule has 0 N–H and O–H groups in total. The quantitative estimate of drug-likeness (QED) is 0.810. The van der Waals surface area contributed by atoms with E-state index in [-0.39, 0.29) is 5.92 Å². The average molecular weight is 383 g/mol. The first-order valence-electron chi connectivity index (χ1n) is 10.2. The van der Waals surface area contributed by atoms with Crippen LogP contribution in [0.15, 0.2) is 18.2 Å². The van der Waals surface area contributed by atoms with E-state index in [0.29, 0.717) is 17.4 Å². The van der Waals surface area contributed by atoms with E-state index in [0.717, 1.165) is 74.1 Å². The summed E-state index contributed by atoms with van der Waals surface area (Å²) in [6.45, 7) is 5.63. The number of nitrogens with zero attached hydrogens (tertiary/aromatic N) is 3. The molecule has 2 saturated heterocycles. The summed E-state index contributed by atoms with van der Waals surface area (Å²) in [6, 6.07) is 6.04. The molecule has 6 nitrogen and oxygen atoms in total. The molecule has 0 spiro atoms. The second-order valence-electron chi connectivity index (χ2n) is 7.84. The van der Waals surface area contributed by atoms with Crippen molar-refractivity contribution in [1.29, 1.82) is 0 Å². The predicted octanol–water partition coefficient (Wildman–Crippen LogP) is 3.40. The number of carbonyl (C=O) groups is 1. The molecule has 1 unspecified atom stereocenters. The van der Waals surface area contributed by atoms with Crippen LogP contribution < -0.4 is 14.4 Å². The Hall–Kier alpha value is -2.50. The Labute approximate surface area is 166 Å². The lowest BCUT2D eigenvalue weighted by Crippen LogP contribution is -2.44. The summed E-state index contributed by atoms with van der Waals surface area (Å²) in [5, 5.41) is 1.06. The van der Waals surface area contributed by atoms with E-state index in [1.165, 1.54) is 0 Å². The molecule has 28 heavy (non-hydrogen) atoms. The summed E-state index contributed by atoms with van der Waals surface area (Å²) in [4.78, 5) is 22.1. The number of likely N-dealkylation sites (tertiary alicyclic amines) is 1. The van der Waals surface area contributed by atoms with Crippen molar-refractivity contribution in [3.8, 4) is 11.5 Å². The maximum absolute atomic E-state index is 12.9. The minimum Gasteiger partial charge on any atom is -0.493 e. The van der Waals surface area contributed by atoms with Crippen LogP contribution in [0.2, 0.25) is 0 Å². The number of rotatable bonds is 4. The lowest BCUT2D eigenvalue weighted by atomic mass is 9.96. The van der Waals surface area contributed by atoms with Crippen molar-refractivity contribution in [3.63, 3.8) is 0 Å². The molecular weight excluding hydrogens is 354 g/mol. The zero-order valence-electron chi connectivity index (χ0n) is 17.0. The van der Waals surface area contributed by atoms with Crippen molar-refractivity contribution in [2.75, 3.05) is 45.3 Å². The summed E-state index contributed by atoms with van der Waals surface area (Å²) in [5.74, 6) is 2.74. The Balaban J connectivity index is 1.61. The third-order valence-corrected chi connectivity index (χ3v) is 6.02. The summed E-state index contributed by atoms with van der Waals surface area (Å²) in [7, 11) is 3.28. The van der Waals surface area contributed by atoms with Crippen LogP contribution in [0.25, 0.3) is 10.9 Å². The Morgan fingerprint density at radius 3 is 2.46 bits per heavy atom. The molecule has 150 valence electrons. The van der Waals surface area contributed by atoms with Crippen LogP contribution in [0, 0.1) is 12.8 Å². The SMILES string of the molecule is COc1cc2nc(N3CCCC(C(=O)N4CCCC4)C3)cc(C)c2cc1OC. The molecule has 0 bridgehead atoms. The number of amides is 1. The van der Waals surface area contributed by atoms with E-state index in [4.69, 9.17) is 14.5 Å². The van der Waals surface area contributed by atoms with Gasteiger partial charge in [0.25, 0.3) is 0 Å². The molecule has 2 aliphatic rings. The highest BCUT2D eigenvalue weighted by molar-refractivity contribution is 5.87. The summed E-state index contributed by atoms with van der Waals surface area (Å²) in [5.41, 5.74) is 2.04. The third kappa shape index (κ3) is 3.48. The number of pyridine rings is 1. The molecule has 3 heterocycles. The summed E-state index contributed by atoms with van der Waals surface area (Å²) in [6.07, 6.45) is 4.27. The van der Waals surface area contributed by atoms with Crippen LogP contribution in [-0.2, 0) is 4.79 Å². The molecule has 2 aliphatic heterocycles. The van der Waals surface area contributed by atoms with Gasteiger partial charge in [0.1, 0.15) is 5.82 Å². The van der Waals surface area contributed by atoms with Crippen LogP contribution in [0.1, 0.15) is 31.2 Å². The molecule has 1 amide bonds. The average Bonchev–Trinajstić information content (AvgIpc) is 3.27. The number of hydrogen-bond donors (Lipinski definition) is 0. The smallest absolute Gasteiger partial charge is 0.227 e. The number of aryl methyl sites for hydroxylation is 1. The first-order valence-corrected chi connectivity index (χ1v) is 10.2. The standard InChI is InChI=1S/C22H29N3O3/c1-15-11-21(23-18-13-20(28-3)19(27-2)12-17(15)18)25-10-6-7-16(14-25)22(26)24-8-4-5-9-24/h11-13,16H,4-10,14H2,1-3H3. The van der Waals surface area contributed by atoms with Crippen LogP contribution in [0.4, 0.5) is 5.82 Å². The highest BCUT2D eigenvalue weighted by Gasteiger charge is 2.31. The molecule has 1 aromatic heterocycles. The second-order valence-corrected chi connectivity index (χ2v) is 7.84. The highest BCUT2D eigenvalue weighted by atomic mass is 16.5. The van der Waals surface area contributed by atoms with Crippen LogP contribution >= 0.6 is 0 Å². The highest BCUT2D eigenvalue weighted by Crippen LogP contribution is 2.35. The number of carbonyl (C=O) groups excluding carboxylic acids is 1. The number of benzene rings is 1. The molecular formula is C22H29N3O3. The molecule has 4 rings (SSSR count). The van der Waals surface area contributed by atoms with Gasteiger partial charge in [0.15, 0.2) is 11.5 Å². The fourth-order valence-corrected chi connectivity index (χ4v) is 4.45. The maximum atomic E-state index is 12.9. The van der Waals surface area contributed by atoms with Crippen molar-refractivity contribution in [2.24, 2.45) is 5.92 Å². The van der Waals surface area contributed by atoms with Crippen molar-refractivity contribution < 1.29 is 14.3 Å². The van der Waals surface area contributed by atoms with Gasteiger partial charge in [-0.25, -0.2) is 4.98 Å². The zero-order chi connectivity index (χ0) is 19.7. The van der Waals surface area contributed by atoms with Crippen LogP contribution in [-0.4, -0.2) is 56.2 Å². The van der Waals surface area contributed by atoms with E-state index in [9.17, 15) is 4.79 Å². The normalized spacial score (nSPS) is 19.9. The molecule has 6 heteroatoms. The maximum Gasteiger partial charge on any atom is 0.227 e. The number of anilines is 1. The molecule has 1 atom stereocenters. The Morgan fingerprint density at radius 2 is 1.75 bits per heavy atom. The summed E-state index contributed by atoms with van der Waals surface area (Å²) < 4.78 is 10.9. The Morgan fingerprint density at radius 1 is 1.04 bits per heavy atom. The van der Waals surface area contributed by atoms with E-state index in [1.54, 1.807) is 14.2 Å². The van der Waals surface area contributed by atoms with E-state index in [2.05, 4.69) is 17.9 Å². The minimum atomic E-state index is 0.0788. The Kier molecular flexibility index (Phi) is 5.29. The van der Waals surface area contributed by atoms with Gasteiger partial charge in [0, 0.05) is 37.6 Å². The first kappa shape index (κ1) is 18.8. The predicted molar refractivity (Wildman–Crippen MR) is 110 cm³/mol. The molecule has 0 saturated carbocycles. The van der Waals surface area contributed by atoms with Crippen molar-refractivity contribution in [3.05, 3.63) is 23.8 Å². The van der Waals surface area contributed by atoms with Gasteiger partial charge >= 0.3 is 0 Å². The number of hydrogen-bond acceptors (Lipinski definition) is 5. The molecule has 0 aliphatic carbocycles. The van der Waals surface area contributed by atoms with Crippen molar-refractivity contribution >= 4 is 22.6 Å². The topological polar surface area (TPSA) is 54.9 Å². The van der Waals surface area contributed by atoms with Gasteiger partial charge < -0.3 is 19.3 Å². The van der Waals surface area contributed by atoms with Gasteiger partial charge in [-0.2, -0.15) is 0 Å². The zero-order valence-corrected chi connectivity index (χ0v) is 17.0. The number of piperidine rings is 1. The van der Waals surface area contributed by atoms with Gasteiger partial charge in [0.05, 0.1) is 25.7 Å². The fourth-order valence-electron chi connectivity index (χ4n) is 4.45. The van der Waals surface area contributed by atoms with Gasteiger partial charge in [-0.05, 0) is 50.3 Å². The number of methoxy groups -OCH3 is 2. The Bertz CT molecular complexity index is 877. The first-order chi connectivity index (χ1) is 13.6. The minimum absolute atomic E-state index is 0.0788. The van der Waals surface area contributed by atoms with Crippen LogP contribution in [0.3, 0.4) is 0 Å². The number of aromatic nitrogens is 1. The van der Waals surface area contributed by atoms with E-state index >= 15 is 0 Å². The lowest BCUT2D eigenvalue weighted by Gasteiger charge is -2.35. The van der Waals surface area contributed by atoms with E-state index < -0.39 is 0 Å². The third-order valence-electron chi connectivity index (χ3n) is 6.02. The van der Waals surface area contributed by atoms with Crippen molar-refractivity contribution in [2.45, 2.75) is 32.6 Å². The second kappa shape index (κ2) is 7.86. The van der Waals surface area contributed by atoms with E-state index in [1.807, 2.05) is 17.0 Å². The van der Waals surface area contributed by atoms with Gasteiger partial charge in [0.2, 0.25) is 5.91 Å². The number of fused-ring (bicyclic) bond motifs is 1. The summed E-state index contributed by atoms with van der Waals surface area (Å²) >= 11 is 0. The molecule has 0 radical (unpaired) electrons. The number of ether oxygens (including phenoxy) is 2. The molecule has 1 aromatic carbocycles. The lowest BCUT2D eigenvalue weighted by molar-refractivity contribution is -0.134. The monoisotopic (exact) mass is 383 g/mol. The fraction of sp³-hybridized carbons (Fsp3) is 0.545. The van der Waals surface area contributed by atoms with Crippen molar-refractivity contribution in [1.82, 2.24) is 9.88 Å². The van der Waals surface area contributed by atoms with Gasteiger partial charge in [-0.15, -0.1) is 0 Å². The van der Waals surface area contributed by atoms with Gasteiger partial charge in [-0.1, -0.05) is 0 Å². The van der Waals surface area contributed by atoms with Gasteiger partial charge in [-0.3, -0.25) is 4.79 Å². The molecule has 2 fully saturated rings. The van der Waals surface area contributed by atoms with Crippen LogP contribution in [0.5, 0.6) is 11.5 Å². The largest absolute Gasteiger partial charge is 0.493 e. The molecule has 2 aromatic rings.